The summed E-state index contributed by atoms with van der Waals surface area (Å²) >= 11 is 0. The zero-order chi connectivity index (χ0) is 9.26. The number of nitrogens with zero attached hydrogens (tertiary/aromatic N) is 4. The Balaban J connectivity index is 2.48. The van der Waals surface area contributed by atoms with Gasteiger partial charge >= 0.3 is 0 Å². The van der Waals surface area contributed by atoms with Gasteiger partial charge in [0.25, 0.3) is 5.78 Å². The van der Waals surface area contributed by atoms with E-state index in [0.717, 1.165) is 18.4 Å². The summed E-state index contributed by atoms with van der Waals surface area (Å²) in [5.41, 5.74) is 6.58. The van der Waals surface area contributed by atoms with Crippen LogP contribution in [0.15, 0.2) is 12.4 Å². The first kappa shape index (κ1) is 7.97. The topological polar surface area (TPSA) is 69.1 Å². The van der Waals surface area contributed by atoms with E-state index in [9.17, 15) is 0 Å². The average Bonchev–Trinajstić information content (AvgIpc) is 2.44. The van der Waals surface area contributed by atoms with Gasteiger partial charge in [-0.1, -0.05) is 13.3 Å². The van der Waals surface area contributed by atoms with Crippen LogP contribution in [0.25, 0.3) is 5.78 Å². The Morgan fingerprint density at radius 3 is 3.15 bits per heavy atom. The molecule has 68 valence electrons. The number of aryl methyl sites for hydroxylation is 1. The third-order valence-corrected chi connectivity index (χ3v) is 1.80. The Hall–Kier alpha value is -1.65. The van der Waals surface area contributed by atoms with E-state index in [0.29, 0.717) is 5.78 Å². The number of hydrogen-bond acceptors (Lipinski definition) is 4. The fourth-order valence-corrected chi connectivity index (χ4v) is 1.25. The van der Waals surface area contributed by atoms with Crippen molar-refractivity contribution < 1.29 is 0 Å². The van der Waals surface area contributed by atoms with Crippen LogP contribution in [0.2, 0.25) is 0 Å². The molecule has 2 aromatic heterocycles. The Bertz CT molecular complexity index is 419. The van der Waals surface area contributed by atoms with Crippen LogP contribution in [-0.4, -0.2) is 19.6 Å². The normalized spacial score (nSPS) is 10.8. The van der Waals surface area contributed by atoms with Crippen LogP contribution in [0, 0.1) is 0 Å². The smallest absolute Gasteiger partial charge is 0.253 e. The van der Waals surface area contributed by atoms with Gasteiger partial charge in [-0.05, 0) is 12.0 Å². The largest absolute Gasteiger partial charge is 0.366 e. The minimum absolute atomic E-state index is 0.265. The third-order valence-electron chi connectivity index (χ3n) is 1.80. The summed E-state index contributed by atoms with van der Waals surface area (Å²) in [4.78, 5) is 8.06. The average molecular weight is 177 g/mol. The highest BCUT2D eigenvalue weighted by Crippen LogP contribution is 2.04. The highest BCUT2D eigenvalue weighted by Gasteiger charge is 2.01. The molecule has 2 N–H and O–H groups in total. The van der Waals surface area contributed by atoms with Crippen molar-refractivity contribution in [3.05, 3.63) is 18.0 Å². The Morgan fingerprint density at radius 2 is 2.38 bits per heavy atom. The van der Waals surface area contributed by atoms with Gasteiger partial charge in [-0.15, -0.1) is 5.10 Å². The number of nitrogens with two attached hydrogens (primary N) is 1. The van der Waals surface area contributed by atoms with Gasteiger partial charge in [0.15, 0.2) is 0 Å². The van der Waals surface area contributed by atoms with E-state index in [2.05, 4.69) is 22.0 Å². The summed E-state index contributed by atoms with van der Waals surface area (Å²) in [5.74, 6) is 0.818. The molecule has 0 saturated carbocycles. The first-order chi connectivity index (χ1) is 6.29. The van der Waals surface area contributed by atoms with Gasteiger partial charge in [0.1, 0.15) is 0 Å². The molecule has 0 aromatic carbocycles. The second-order valence-electron chi connectivity index (χ2n) is 2.93. The molecule has 0 atom stereocenters. The van der Waals surface area contributed by atoms with Gasteiger partial charge < -0.3 is 5.73 Å². The third kappa shape index (κ3) is 1.44. The molecule has 0 spiro atoms. The zero-order valence-electron chi connectivity index (χ0n) is 7.44. The first-order valence-corrected chi connectivity index (χ1v) is 4.26. The Kier molecular flexibility index (Phi) is 1.84. The van der Waals surface area contributed by atoms with E-state index >= 15 is 0 Å². The molecular formula is C8H11N5. The number of aromatic nitrogens is 4. The van der Waals surface area contributed by atoms with Crippen LogP contribution >= 0.6 is 0 Å². The van der Waals surface area contributed by atoms with Gasteiger partial charge in [0, 0.05) is 12.4 Å². The molecule has 2 aromatic rings. The van der Waals surface area contributed by atoms with Crippen LogP contribution in [0.4, 0.5) is 5.95 Å². The number of hydrogen-bond donors (Lipinski definition) is 1. The van der Waals surface area contributed by atoms with E-state index < -0.39 is 0 Å². The molecule has 0 aliphatic heterocycles. The lowest BCUT2D eigenvalue weighted by molar-refractivity contribution is 0.865. The molecule has 0 aliphatic carbocycles. The number of fused-ring (bicyclic) bond motifs is 1. The quantitative estimate of drug-likeness (QED) is 0.731. The molecular weight excluding hydrogens is 166 g/mol. The second-order valence-corrected chi connectivity index (χ2v) is 2.93. The molecule has 0 radical (unpaired) electrons. The number of anilines is 1. The van der Waals surface area contributed by atoms with Crippen molar-refractivity contribution in [2.24, 2.45) is 0 Å². The van der Waals surface area contributed by atoms with E-state index in [1.807, 2.05) is 12.4 Å². The predicted molar refractivity (Wildman–Crippen MR) is 49.2 cm³/mol. The summed E-state index contributed by atoms with van der Waals surface area (Å²) in [5, 5.41) is 3.98. The van der Waals surface area contributed by atoms with Crippen LogP contribution in [-0.2, 0) is 6.42 Å². The number of nitrogen functional groups attached to an aromatic ring is 1. The van der Waals surface area contributed by atoms with Gasteiger partial charge in [0.05, 0.1) is 0 Å². The lowest BCUT2D eigenvalue weighted by Gasteiger charge is -1.96. The highest BCUT2D eigenvalue weighted by molar-refractivity contribution is 5.33. The summed E-state index contributed by atoms with van der Waals surface area (Å²) in [6, 6.07) is 0. The minimum Gasteiger partial charge on any atom is -0.366 e. The zero-order valence-corrected chi connectivity index (χ0v) is 7.44. The van der Waals surface area contributed by atoms with Crippen molar-refractivity contribution in [1.29, 1.82) is 0 Å². The van der Waals surface area contributed by atoms with Crippen LogP contribution in [0.1, 0.15) is 18.9 Å². The summed E-state index contributed by atoms with van der Waals surface area (Å²) in [6.45, 7) is 2.12. The predicted octanol–water partition coefficient (Wildman–Crippen LogP) is 0.659. The maximum absolute atomic E-state index is 5.43. The van der Waals surface area contributed by atoms with Crippen molar-refractivity contribution in [3.8, 4) is 0 Å². The minimum atomic E-state index is 0.265. The van der Waals surface area contributed by atoms with Gasteiger partial charge in [-0.25, -0.2) is 9.50 Å². The molecule has 2 heterocycles. The van der Waals surface area contributed by atoms with Gasteiger partial charge in [-0.2, -0.15) is 4.98 Å². The van der Waals surface area contributed by atoms with Crippen molar-refractivity contribution in [3.63, 3.8) is 0 Å². The van der Waals surface area contributed by atoms with E-state index in [1.54, 1.807) is 4.52 Å². The lowest BCUT2D eigenvalue weighted by Crippen LogP contribution is -1.94. The first-order valence-electron chi connectivity index (χ1n) is 4.26. The monoisotopic (exact) mass is 177 g/mol. The van der Waals surface area contributed by atoms with Gasteiger partial charge in [-0.3, -0.25) is 0 Å². The molecule has 0 unspecified atom stereocenters. The highest BCUT2D eigenvalue weighted by atomic mass is 15.3. The Labute approximate surface area is 75.6 Å². The fourth-order valence-electron chi connectivity index (χ4n) is 1.25. The van der Waals surface area contributed by atoms with E-state index in [1.165, 1.54) is 0 Å². The van der Waals surface area contributed by atoms with Crippen molar-refractivity contribution in [1.82, 2.24) is 19.6 Å². The molecule has 0 fully saturated rings. The molecule has 0 bridgehead atoms. The molecule has 5 heteroatoms. The number of rotatable bonds is 2. The molecule has 0 aliphatic rings. The second kappa shape index (κ2) is 3.01. The lowest BCUT2D eigenvalue weighted by atomic mass is 10.2. The van der Waals surface area contributed by atoms with Gasteiger partial charge in [0.2, 0.25) is 5.95 Å². The maximum atomic E-state index is 5.43. The van der Waals surface area contributed by atoms with Crippen molar-refractivity contribution in [2.75, 3.05) is 5.73 Å². The summed E-state index contributed by atoms with van der Waals surface area (Å²) < 4.78 is 1.61. The van der Waals surface area contributed by atoms with Crippen LogP contribution in [0.3, 0.4) is 0 Å². The van der Waals surface area contributed by atoms with Crippen LogP contribution in [0.5, 0.6) is 0 Å². The summed E-state index contributed by atoms with van der Waals surface area (Å²) in [6.07, 6.45) is 5.82. The maximum Gasteiger partial charge on any atom is 0.253 e. The van der Waals surface area contributed by atoms with Crippen molar-refractivity contribution in [2.45, 2.75) is 19.8 Å². The molecule has 0 amide bonds. The van der Waals surface area contributed by atoms with Crippen molar-refractivity contribution >= 4 is 11.7 Å². The molecule has 0 saturated heterocycles. The summed E-state index contributed by atoms with van der Waals surface area (Å²) in [7, 11) is 0. The fraction of sp³-hybridized carbons (Fsp3) is 0.375. The molecule has 13 heavy (non-hydrogen) atoms. The van der Waals surface area contributed by atoms with E-state index in [-0.39, 0.29) is 5.95 Å². The van der Waals surface area contributed by atoms with E-state index in [4.69, 9.17) is 5.73 Å². The molecule has 5 nitrogen and oxygen atoms in total. The Morgan fingerprint density at radius 1 is 1.54 bits per heavy atom. The van der Waals surface area contributed by atoms with Crippen LogP contribution < -0.4 is 5.73 Å². The SMILES string of the molecule is CCCc1cnc2nc(N)nn2c1. The molecule has 2 rings (SSSR count). The standard InChI is InChI=1S/C8H11N5/c1-2-3-6-4-10-8-11-7(9)12-13(8)5-6/h4-5H,2-3H2,1H3,(H2,9,12).